The molecular weight excluding hydrogens is 174 g/mol. The summed E-state index contributed by atoms with van der Waals surface area (Å²) in [5.74, 6) is 0.672. The lowest BCUT2D eigenvalue weighted by atomic mass is 9.95. The molecule has 0 spiro atoms. The van der Waals surface area contributed by atoms with E-state index in [1.807, 2.05) is 0 Å². The molecule has 0 amide bonds. The summed E-state index contributed by atoms with van der Waals surface area (Å²) >= 11 is 0. The minimum atomic E-state index is -0.216. The van der Waals surface area contributed by atoms with Gasteiger partial charge >= 0.3 is 0 Å². The standard InChI is InChI=1S/C12H19NO/c1-9(2)8-13-7-6-10-11(13)4-3-5-12(10)14/h6-7,9,12,14H,3-5,8H2,1-2H3. The Hall–Kier alpha value is -0.760. The van der Waals surface area contributed by atoms with Gasteiger partial charge in [-0.15, -0.1) is 0 Å². The van der Waals surface area contributed by atoms with E-state index in [2.05, 4.69) is 30.7 Å². The van der Waals surface area contributed by atoms with Crippen molar-refractivity contribution in [3.63, 3.8) is 0 Å². The normalized spacial score (nSPS) is 21.3. The molecule has 2 rings (SSSR count). The second-order valence-electron chi connectivity index (χ2n) is 4.67. The summed E-state index contributed by atoms with van der Waals surface area (Å²) in [5.41, 5.74) is 2.52. The van der Waals surface area contributed by atoms with E-state index in [1.54, 1.807) is 0 Å². The maximum absolute atomic E-state index is 9.80. The first kappa shape index (κ1) is 9.78. The van der Waals surface area contributed by atoms with Crippen LogP contribution in [0.2, 0.25) is 0 Å². The van der Waals surface area contributed by atoms with Crippen LogP contribution in [0.15, 0.2) is 12.3 Å². The van der Waals surface area contributed by atoms with E-state index in [0.717, 1.165) is 31.4 Å². The van der Waals surface area contributed by atoms with Gasteiger partial charge in [0, 0.05) is 24.0 Å². The highest BCUT2D eigenvalue weighted by molar-refractivity contribution is 5.27. The van der Waals surface area contributed by atoms with Crippen LogP contribution in [-0.4, -0.2) is 9.67 Å². The number of hydrogen-bond acceptors (Lipinski definition) is 1. The fraction of sp³-hybridized carbons (Fsp3) is 0.667. The van der Waals surface area contributed by atoms with E-state index in [1.165, 1.54) is 5.69 Å². The molecule has 1 aliphatic carbocycles. The molecule has 2 nitrogen and oxygen atoms in total. The average molecular weight is 193 g/mol. The number of aliphatic hydroxyl groups excluding tert-OH is 1. The van der Waals surface area contributed by atoms with Crippen molar-refractivity contribution in [3.05, 3.63) is 23.5 Å². The third kappa shape index (κ3) is 1.71. The third-order valence-corrected chi connectivity index (χ3v) is 2.93. The maximum Gasteiger partial charge on any atom is 0.0807 e. The Balaban J connectivity index is 2.26. The Morgan fingerprint density at radius 3 is 3.07 bits per heavy atom. The zero-order chi connectivity index (χ0) is 10.1. The molecule has 0 aliphatic heterocycles. The van der Waals surface area contributed by atoms with Crippen LogP contribution in [0.1, 0.15) is 44.1 Å². The van der Waals surface area contributed by atoms with E-state index in [0.29, 0.717) is 5.92 Å². The molecular formula is C12H19NO. The van der Waals surface area contributed by atoms with Gasteiger partial charge in [-0.05, 0) is 31.2 Å². The summed E-state index contributed by atoms with van der Waals surface area (Å²) in [6, 6.07) is 2.08. The van der Waals surface area contributed by atoms with Crippen molar-refractivity contribution in [1.29, 1.82) is 0 Å². The lowest BCUT2D eigenvalue weighted by molar-refractivity contribution is 0.155. The molecule has 1 aromatic heterocycles. The van der Waals surface area contributed by atoms with Crippen LogP contribution in [-0.2, 0) is 13.0 Å². The molecule has 1 aromatic rings. The Labute approximate surface area is 85.6 Å². The number of aliphatic hydroxyl groups is 1. The summed E-state index contributed by atoms with van der Waals surface area (Å²) in [6.45, 7) is 5.53. The number of rotatable bonds is 2. The maximum atomic E-state index is 9.80. The van der Waals surface area contributed by atoms with E-state index in [9.17, 15) is 5.11 Å². The van der Waals surface area contributed by atoms with Crippen molar-refractivity contribution in [2.45, 2.75) is 45.8 Å². The molecule has 0 aromatic carbocycles. The highest BCUT2D eigenvalue weighted by Crippen LogP contribution is 2.30. The molecule has 1 unspecified atom stereocenters. The largest absolute Gasteiger partial charge is 0.388 e. The summed E-state index contributed by atoms with van der Waals surface area (Å²) in [6.07, 6.45) is 5.09. The second-order valence-corrected chi connectivity index (χ2v) is 4.67. The van der Waals surface area contributed by atoms with Crippen molar-refractivity contribution < 1.29 is 5.11 Å². The zero-order valence-electron chi connectivity index (χ0n) is 9.03. The van der Waals surface area contributed by atoms with E-state index in [-0.39, 0.29) is 6.10 Å². The third-order valence-electron chi connectivity index (χ3n) is 2.93. The topological polar surface area (TPSA) is 25.2 Å². The predicted molar refractivity (Wildman–Crippen MR) is 57.2 cm³/mol. The van der Waals surface area contributed by atoms with Crippen molar-refractivity contribution in [2.24, 2.45) is 5.92 Å². The fourth-order valence-electron chi connectivity index (χ4n) is 2.30. The van der Waals surface area contributed by atoms with Crippen LogP contribution in [0.25, 0.3) is 0 Å². The van der Waals surface area contributed by atoms with Gasteiger partial charge < -0.3 is 9.67 Å². The van der Waals surface area contributed by atoms with Crippen LogP contribution in [0.4, 0.5) is 0 Å². The molecule has 2 heteroatoms. The van der Waals surface area contributed by atoms with Crippen molar-refractivity contribution in [2.75, 3.05) is 0 Å². The first-order valence-corrected chi connectivity index (χ1v) is 5.54. The Kier molecular flexibility index (Phi) is 2.64. The molecule has 0 saturated carbocycles. The first-order chi connectivity index (χ1) is 6.68. The average Bonchev–Trinajstić information content (AvgIpc) is 2.49. The molecule has 1 atom stereocenters. The zero-order valence-corrected chi connectivity index (χ0v) is 9.03. The molecule has 1 N–H and O–H groups in total. The smallest absolute Gasteiger partial charge is 0.0807 e. The quantitative estimate of drug-likeness (QED) is 0.767. The monoisotopic (exact) mass is 193 g/mol. The van der Waals surface area contributed by atoms with Crippen LogP contribution in [0.5, 0.6) is 0 Å². The Bertz CT molecular complexity index is 314. The summed E-state index contributed by atoms with van der Waals surface area (Å²) in [5, 5.41) is 9.80. The first-order valence-electron chi connectivity index (χ1n) is 5.54. The van der Waals surface area contributed by atoms with Gasteiger partial charge in [0.15, 0.2) is 0 Å². The van der Waals surface area contributed by atoms with E-state index in [4.69, 9.17) is 0 Å². The molecule has 0 radical (unpaired) electrons. The molecule has 1 heterocycles. The second kappa shape index (κ2) is 3.77. The van der Waals surface area contributed by atoms with Crippen LogP contribution >= 0.6 is 0 Å². The van der Waals surface area contributed by atoms with Crippen molar-refractivity contribution in [3.8, 4) is 0 Å². The number of nitrogens with zero attached hydrogens (tertiary/aromatic N) is 1. The Morgan fingerprint density at radius 2 is 2.36 bits per heavy atom. The molecule has 0 bridgehead atoms. The van der Waals surface area contributed by atoms with E-state index >= 15 is 0 Å². The highest BCUT2D eigenvalue weighted by Gasteiger charge is 2.20. The molecule has 14 heavy (non-hydrogen) atoms. The SMILES string of the molecule is CC(C)Cn1ccc2c1CCCC2O. The number of aromatic nitrogens is 1. The van der Waals surface area contributed by atoms with Gasteiger partial charge in [-0.3, -0.25) is 0 Å². The minimum Gasteiger partial charge on any atom is -0.388 e. The predicted octanol–water partition coefficient (Wildman–Crippen LogP) is 2.51. The van der Waals surface area contributed by atoms with Gasteiger partial charge in [0.05, 0.1) is 6.10 Å². The minimum absolute atomic E-state index is 0.216. The molecule has 0 saturated heterocycles. The highest BCUT2D eigenvalue weighted by atomic mass is 16.3. The van der Waals surface area contributed by atoms with Crippen molar-refractivity contribution in [1.82, 2.24) is 4.57 Å². The number of hydrogen-bond donors (Lipinski definition) is 1. The summed E-state index contributed by atoms with van der Waals surface area (Å²) < 4.78 is 2.31. The van der Waals surface area contributed by atoms with Gasteiger partial charge in [-0.25, -0.2) is 0 Å². The fourth-order valence-corrected chi connectivity index (χ4v) is 2.30. The van der Waals surface area contributed by atoms with Gasteiger partial charge in [-0.1, -0.05) is 13.8 Å². The lowest BCUT2D eigenvalue weighted by Crippen LogP contribution is -2.13. The number of fused-ring (bicyclic) bond motifs is 1. The summed E-state index contributed by atoms with van der Waals surface area (Å²) in [7, 11) is 0. The van der Waals surface area contributed by atoms with Gasteiger partial charge in [-0.2, -0.15) is 0 Å². The van der Waals surface area contributed by atoms with Gasteiger partial charge in [0.2, 0.25) is 0 Å². The molecule has 0 fully saturated rings. The molecule has 78 valence electrons. The van der Waals surface area contributed by atoms with E-state index < -0.39 is 0 Å². The van der Waals surface area contributed by atoms with Gasteiger partial charge in [0.1, 0.15) is 0 Å². The van der Waals surface area contributed by atoms with Crippen LogP contribution < -0.4 is 0 Å². The lowest BCUT2D eigenvalue weighted by Gasteiger charge is -2.20. The van der Waals surface area contributed by atoms with Crippen LogP contribution in [0, 0.1) is 5.92 Å². The van der Waals surface area contributed by atoms with Crippen LogP contribution in [0.3, 0.4) is 0 Å². The van der Waals surface area contributed by atoms with Gasteiger partial charge in [0.25, 0.3) is 0 Å². The van der Waals surface area contributed by atoms with Crippen molar-refractivity contribution >= 4 is 0 Å². The molecule has 1 aliphatic rings. The summed E-state index contributed by atoms with van der Waals surface area (Å²) in [4.78, 5) is 0. The Morgan fingerprint density at radius 1 is 1.57 bits per heavy atom.